The minimum Gasteiger partial charge on any atom is -0.481 e. The third-order valence-corrected chi connectivity index (χ3v) is 5.48. The summed E-state index contributed by atoms with van der Waals surface area (Å²) in [7, 11) is 0. The number of rotatable bonds is 2. The highest BCUT2D eigenvalue weighted by Crippen LogP contribution is 2.58. The molecule has 1 saturated carbocycles. The van der Waals surface area contributed by atoms with E-state index in [2.05, 4.69) is 13.8 Å². The average Bonchev–Trinajstić information content (AvgIpc) is 2.39. The summed E-state index contributed by atoms with van der Waals surface area (Å²) in [5, 5.41) is 18.8. The molecule has 2 N–H and O–H groups in total. The summed E-state index contributed by atoms with van der Waals surface area (Å²) in [6.45, 7) is 4.26. The molecule has 0 spiro atoms. The Bertz CT molecular complexity index is 282. The minimum atomic E-state index is -0.714. The maximum absolute atomic E-state index is 11.4. The second-order valence-corrected chi connectivity index (χ2v) is 7.07. The van der Waals surface area contributed by atoms with Crippen LogP contribution in [0.15, 0.2) is 0 Å². The Morgan fingerprint density at radius 2 is 2.00 bits per heavy atom. The molecule has 2 rings (SSSR count). The van der Waals surface area contributed by atoms with Crippen LogP contribution in [0, 0.1) is 11.3 Å². The molecule has 15 heavy (non-hydrogen) atoms. The Morgan fingerprint density at radius 1 is 1.40 bits per heavy atom. The highest BCUT2D eigenvalue weighted by molar-refractivity contribution is 8.00. The number of hydrogen-bond donors (Lipinski definition) is 2. The van der Waals surface area contributed by atoms with Crippen molar-refractivity contribution >= 4 is 17.7 Å². The molecule has 1 saturated heterocycles. The first-order valence-electron chi connectivity index (χ1n) is 5.44. The summed E-state index contributed by atoms with van der Waals surface area (Å²) in [5.41, 5.74) is -0.646. The highest BCUT2D eigenvalue weighted by atomic mass is 32.2. The predicted octanol–water partition coefficient (Wildman–Crippen LogP) is 1.74. The van der Waals surface area contributed by atoms with Crippen molar-refractivity contribution in [3.63, 3.8) is 0 Å². The molecular formula is C11H18O3S. The van der Waals surface area contributed by atoms with Crippen LogP contribution in [0.25, 0.3) is 0 Å². The van der Waals surface area contributed by atoms with Gasteiger partial charge < -0.3 is 10.2 Å². The third kappa shape index (κ3) is 1.58. The van der Waals surface area contributed by atoms with E-state index in [-0.39, 0.29) is 10.7 Å². The van der Waals surface area contributed by atoms with Gasteiger partial charge in [-0.25, -0.2) is 0 Å². The molecule has 1 unspecified atom stereocenters. The first-order valence-corrected chi connectivity index (χ1v) is 6.42. The van der Waals surface area contributed by atoms with Gasteiger partial charge in [-0.1, -0.05) is 13.8 Å². The fourth-order valence-corrected chi connectivity index (χ4v) is 4.64. The van der Waals surface area contributed by atoms with Crippen LogP contribution >= 0.6 is 11.8 Å². The second-order valence-electron chi connectivity index (χ2n) is 5.32. The number of carbonyl (C=O) groups is 1. The van der Waals surface area contributed by atoms with Gasteiger partial charge in [0.2, 0.25) is 0 Å². The largest absolute Gasteiger partial charge is 0.481 e. The number of hydrogen-bond acceptors (Lipinski definition) is 3. The van der Waals surface area contributed by atoms with Gasteiger partial charge in [-0.3, -0.25) is 4.79 Å². The first-order chi connectivity index (χ1) is 6.88. The molecule has 86 valence electrons. The molecule has 0 aromatic heterocycles. The number of thioether (sulfide) groups is 1. The van der Waals surface area contributed by atoms with Crippen molar-refractivity contribution < 1.29 is 15.0 Å². The lowest BCUT2D eigenvalue weighted by atomic mass is 9.56. The van der Waals surface area contributed by atoms with E-state index in [0.717, 1.165) is 12.2 Å². The lowest BCUT2D eigenvalue weighted by Gasteiger charge is -2.49. The molecule has 1 aliphatic carbocycles. The van der Waals surface area contributed by atoms with E-state index in [1.165, 1.54) is 0 Å². The van der Waals surface area contributed by atoms with Gasteiger partial charge in [0.1, 0.15) is 0 Å². The molecule has 0 aromatic carbocycles. The maximum Gasteiger partial charge on any atom is 0.310 e. The molecule has 1 heterocycles. The number of aliphatic carboxylic acids is 1. The normalized spacial score (nSPS) is 43.7. The lowest BCUT2D eigenvalue weighted by molar-refractivity contribution is -0.172. The molecule has 1 atom stereocenters. The summed E-state index contributed by atoms with van der Waals surface area (Å²) in [5.74, 6) is 0.535. The monoisotopic (exact) mass is 230 g/mol. The van der Waals surface area contributed by atoms with E-state index in [9.17, 15) is 15.0 Å². The van der Waals surface area contributed by atoms with Crippen LogP contribution in [0.1, 0.15) is 33.1 Å². The Balaban J connectivity index is 2.23. The van der Waals surface area contributed by atoms with Crippen LogP contribution in [-0.4, -0.2) is 32.8 Å². The van der Waals surface area contributed by atoms with E-state index in [0.29, 0.717) is 12.8 Å². The summed E-state index contributed by atoms with van der Waals surface area (Å²) in [6, 6.07) is 0. The van der Waals surface area contributed by atoms with Gasteiger partial charge in [-0.15, -0.1) is 0 Å². The van der Waals surface area contributed by atoms with Crippen molar-refractivity contribution in [1.29, 1.82) is 0 Å². The van der Waals surface area contributed by atoms with Crippen molar-refractivity contribution in [2.75, 3.05) is 5.75 Å². The van der Waals surface area contributed by atoms with Gasteiger partial charge in [0.05, 0.1) is 11.5 Å². The molecule has 0 radical (unpaired) electrons. The molecule has 2 aliphatic rings. The van der Waals surface area contributed by atoms with Gasteiger partial charge in [-0.05, 0) is 30.9 Å². The van der Waals surface area contributed by atoms with Crippen LogP contribution in [0.3, 0.4) is 0 Å². The number of aliphatic hydroxyl groups is 1. The van der Waals surface area contributed by atoms with E-state index >= 15 is 0 Å². The van der Waals surface area contributed by atoms with Crippen molar-refractivity contribution in [2.45, 2.75) is 44.0 Å². The summed E-state index contributed by atoms with van der Waals surface area (Å²) < 4.78 is 0.0402. The molecule has 4 heteroatoms. The van der Waals surface area contributed by atoms with Gasteiger partial charge in [0.25, 0.3) is 0 Å². The lowest BCUT2D eigenvalue weighted by Crippen LogP contribution is -2.55. The Labute approximate surface area is 94.3 Å². The van der Waals surface area contributed by atoms with Crippen LogP contribution in [-0.2, 0) is 4.79 Å². The topological polar surface area (TPSA) is 57.5 Å². The summed E-state index contributed by atoms with van der Waals surface area (Å²) in [4.78, 5) is 11.4. The van der Waals surface area contributed by atoms with Gasteiger partial charge in [0.15, 0.2) is 0 Å². The zero-order chi connectivity index (χ0) is 11.3. The zero-order valence-corrected chi connectivity index (χ0v) is 10.0. The third-order valence-electron chi connectivity index (χ3n) is 4.01. The molecule has 3 nitrogen and oxygen atoms in total. The molecule has 0 aromatic rings. The molecule has 2 fully saturated rings. The standard InChI is InChI=1S/C11H18O3S/c1-10(2)8(3-4-15-10)11(9(13)14)5-7(12)6-11/h7-8,12H,3-6H2,1-2H3,(H,13,14). The van der Waals surface area contributed by atoms with E-state index < -0.39 is 17.5 Å². The number of carboxylic acids is 1. The van der Waals surface area contributed by atoms with E-state index in [4.69, 9.17) is 0 Å². The summed E-state index contributed by atoms with van der Waals surface area (Å²) >= 11 is 1.86. The van der Waals surface area contributed by atoms with Crippen LogP contribution < -0.4 is 0 Å². The minimum absolute atomic E-state index is 0.0402. The zero-order valence-electron chi connectivity index (χ0n) is 9.19. The first kappa shape index (κ1) is 11.3. The van der Waals surface area contributed by atoms with Crippen molar-refractivity contribution in [3.8, 4) is 0 Å². The maximum atomic E-state index is 11.4. The molecule has 0 bridgehead atoms. The Hall–Kier alpha value is -0.220. The second kappa shape index (κ2) is 3.39. The fourth-order valence-electron chi connectivity index (χ4n) is 3.22. The molecular weight excluding hydrogens is 212 g/mol. The predicted molar refractivity (Wildman–Crippen MR) is 60.0 cm³/mol. The quantitative estimate of drug-likeness (QED) is 0.758. The van der Waals surface area contributed by atoms with Crippen LogP contribution in [0.2, 0.25) is 0 Å². The molecule has 0 amide bonds. The Morgan fingerprint density at radius 3 is 2.33 bits per heavy atom. The van der Waals surface area contributed by atoms with Crippen LogP contribution in [0.5, 0.6) is 0 Å². The fraction of sp³-hybridized carbons (Fsp3) is 0.909. The Kier molecular flexibility index (Phi) is 2.54. The average molecular weight is 230 g/mol. The molecule has 1 aliphatic heterocycles. The van der Waals surface area contributed by atoms with Crippen molar-refractivity contribution in [2.24, 2.45) is 11.3 Å². The smallest absolute Gasteiger partial charge is 0.310 e. The van der Waals surface area contributed by atoms with Gasteiger partial charge in [0, 0.05) is 4.75 Å². The van der Waals surface area contributed by atoms with Gasteiger partial charge in [-0.2, -0.15) is 11.8 Å². The van der Waals surface area contributed by atoms with E-state index in [1.54, 1.807) is 0 Å². The summed E-state index contributed by atoms with van der Waals surface area (Å²) in [6.07, 6.45) is 1.45. The number of aliphatic hydroxyl groups excluding tert-OH is 1. The van der Waals surface area contributed by atoms with Crippen molar-refractivity contribution in [1.82, 2.24) is 0 Å². The SMILES string of the molecule is CC1(C)SCCC1C1(C(=O)O)CC(O)C1. The van der Waals surface area contributed by atoms with E-state index in [1.807, 2.05) is 11.8 Å². The van der Waals surface area contributed by atoms with Crippen LogP contribution in [0.4, 0.5) is 0 Å². The van der Waals surface area contributed by atoms with Gasteiger partial charge >= 0.3 is 5.97 Å². The highest BCUT2D eigenvalue weighted by Gasteiger charge is 2.60. The number of carboxylic acid groups (broad SMARTS) is 1. The van der Waals surface area contributed by atoms with Crippen molar-refractivity contribution in [3.05, 3.63) is 0 Å².